The fourth-order valence-electron chi connectivity index (χ4n) is 2.33. The zero-order chi connectivity index (χ0) is 20.7. The number of halogens is 4. The van der Waals surface area contributed by atoms with E-state index in [2.05, 4.69) is 10.3 Å². The summed E-state index contributed by atoms with van der Waals surface area (Å²) < 4.78 is 53.4. The van der Waals surface area contributed by atoms with Crippen molar-refractivity contribution in [3.63, 3.8) is 0 Å². The molecule has 1 aromatic heterocycles. The van der Waals surface area contributed by atoms with Crippen molar-refractivity contribution in [2.75, 3.05) is 32.8 Å². The molecular formula is C18H18ClF3N2O4. The molecule has 0 radical (unpaired) electrons. The quantitative estimate of drug-likeness (QED) is 0.651. The number of hydrogen-bond donors (Lipinski definition) is 1. The molecule has 1 amide bonds. The fraction of sp³-hybridized carbons (Fsp3) is 0.333. The van der Waals surface area contributed by atoms with E-state index < -0.39 is 17.8 Å². The van der Waals surface area contributed by atoms with Crippen molar-refractivity contribution in [3.05, 3.63) is 52.3 Å². The number of pyridine rings is 1. The number of amides is 1. The predicted molar refractivity (Wildman–Crippen MR) is 96.7 cm³/mol. The summed E-state index contributed by atoms with van der Waals surface area (Å²) in [6.07, 6.45) is -3.64. The van der Waals surface area contributed by atoms with Crippen LogP contribution < -0.4 is 10.1 Å². The summed E-state index contributed by atoms with van der Waals surface area (Å²) in [5.74, 6) is -0.363. The van der Waals surface area contributed by atoms with Crippen molar-refractivity contribution in [2.24, 2.45) is 0 Å². The number of carbonyl (C=O) groups is 1. The van der Waals surface area contributed by atoms with Gasteiger partial charge in [-0.1, -0.05) is 11.6 Å². The van der Waals surface area contributed by atoms with Gasteiger partial charge in [0.1, 0.15) is 11.4 Å². The first kappa shape index (κ1) is 21.9. The van der Waals surface area contributed by atoms with Gasteiger partial charge in [-0.2, -0.15) is 13.2 Å². The van der Waals surface area contributed by atoms with Crippen LogP contribution in [0.5, 0.6) is 5.75 Å². The highest BCUT2D eigenvalue weighted by Crippen LogP contribution is 2.30. The van der Waals surface area contributed by atoms with Crippen LogP contribution >= 0.6 is 11.6 Å². The molecule has 1 aromatic carbocycles. The van der Waals surface area contributed by atoms with Crippen LogP contribution in [0.25, 0.3) is 0 Å². The largest absolute Gasteiger partial charge is 0.496 e. The zero-order valence-corrected chi connectivity index (χ0v) is 15.9. The lowest BCUT2D eigenvalue weighted by Crippen LogP contribution is -2.15. The molecule has 0 spiro atoms. The van der Waals surface area contributed by atoms with Crippen LogP contribution in [0.2, 0.25) is 5.02 Å². The Balaban J connectivity index is 2.20. The fourth-order valence-corrected chi connectivity index (χ4v) is 2.57. The second-order valence-electron chi connectivity index (χ2n) is 5.58. The summed E-state index contributed by atoms with van der Waals surface area (Å²) in [4.78, 5) is 15.9. The minimum absolute atomic E-state index is 0.0953. The number of alkyl halides is 3. The van der Waals surface area contributed by atoms with Crippen LogP contribution in [0, 0.1) is 0 Å². The highest BCUT2D eigenvalue weighted by atomic mass is 35.5. The van der Waals surface area contributed by atoms with Gasteiger partial charge < -0.3 is 19.5 Å². The Morgan fingerprint density at radius 1 is 1.21 bits per heavy atom. The molecule has 0 atom stereocenters. The van der Waals surface area contributed by atoms with E-state index in [1.54, 1.807) is 13.2 Å². The summed E-state index contributed by atoms with van der Waals surface area (Å²) in [6.45, 7) is 0.872. The van der Waals surface area contributed by atoms with Crippen LogP contribution in [0.3, 0.4) is 0 Å². The summed E-state index contributed by atoms with van der Waals surface area (Å²) in [6, 6.07) is 4.88. The van der Waals surface area contributed by atoms with Crippen molar-refractivity contribution in [3.8, 4) is 5.75 Å². The molecule has 152 valence electrons. The number of ether oxygens (including phenoxy) is 3. The van der Waals surface area contributed by atoms with Crippen molar-refractivity contribution < 1.29 is 32.2 Å². The van der Waals surface area contributed by atoms with Gasteiger partial charge in [0.2, 0.25) is 0 Å². The average molecular weight is 419 g/mol. The average Bonchev–Trinajstić information content (AvgIpc) is 2.64. The molecule has 10 heteroatoms. The summed E-state index contributed by atoms with van der Waals surface area (Å²) in [7, 11) is 2.93. The Hall–Kier alpha value is -2.36. The van der Waals surface area contributed by atoms with Crippen molar-refractivity contribution in [1.82, 2.24) is 4.98 Å². The number of nitrogens with one attached hydrogen (secondary N) is 1. The van der Waals surface area contributed by atoms with Crippen molar-refractivity contribution in [2.45, 2.75) is 12.8 Å². The number of hydrogen-bond acceptors (Lipinski definition) is 5. The van der Waals surface area contributed by atoms with E-state index in [0.717, 1.165) is 18.3 Å². The van der Waals surface area contributed by atoms with Gasteiger partial charge in [0.05, 0.1) is 44.4 Å². The maximum Gasteiger partial charge on any atom is 0.433 e. The maximum atomic E-state index is 12.6. The topological polar surface area (TPSA) is 69.7 Å². The molecule has 0 unspecified atom stereocenters. The summed E-state index contributed by atoms with van der Waals surface area (Å²) in [5, 5.41) is 2.75. The van der Waals surface area contributed by atoms with Crippen LogP contribution in [0.1, 0.15) is 21.6 Å². The second-order valence-corrected chi connectivity index (χ2v) is 6.01. The molecule has 0 aliphatic heterocycles. The monoisotopic (exact) mass is 418 g/mol. The molecule has 0 aliphatic rings. The minimum atomic E-state index is -4.56. The molecule has 2 rings (SSSR count). The van der Waals surface area contributed by atoms with E-state index in [1.165, 1.54) is 13.2 Å². The molecule has 0 aliphatic carbocycles. The first-order chi connectivity index (χ1) is 13.3. The summed E-state index contributed by atoms with van der Waals surface area (Å²) >= 11 is 6.08. The maximum absolute atomic E-state index is 12.6. The Bertz CT molecular complexity index is 814. The number of anilines is 1. The van der Waals surface area contributed by atoms with Gasteiger partial charge in [0.25, 0.3) is 5.91 Å². The number of carbonyl (C=O) groups excluding carboxylic acids is 1. The van der Waals surface area contributed by atoms with Gasteiger partial charge in [-0.05, 0) is 24.3 Å². The zero-order valence-electron chi connectivity index (χ0n) is 15.1. The van der Waals surface area contributed by atoms with E-state index in [9.17, 15) is 18.0 Å². The van der Waals surface area contributed by atoms with Gasteiger partial charge in [0.15, 0.2) is 0 Å². The molecule has 0 saturated carbocycles. The molecule has 0 saturated heterocycles. The Morgan fingerprint density at radius 2 is 1.96 bits per heavy atom. The molecule has 0 fully saturated rings. The van der Waals surface area contributed by atoms with Gasteiger partial charge in [-0.15, -0.1) is 0 Å². The van der Waals surface area contributed by atoms with Gasteiger partial charge in [0, 0.05) is 17.7 Å². The van der Waals surface area contributed by atoms with Crippen LogP contribution in [0.15, 0.2) is 30.5 Å². The number of benzene rings is 1. The normalized spacial score (nSPS) is 11.4. The number of aromatic nitrogens is 1. The Morgan fingerprint density at radius 3 is 2.54 bits per heavy atom. The third-order valence-corrected chi connectivity index (χ3v) is 3.80. The second kappa shape index (κ2) is 9.72. The molecular weight excluding hydrogens is 401 g/mol. The van der Waals surface area contributed by atoms with Gasteiger partial charge in [-0.25, -0.2) is 4.98 Å². The number of nitrogens with zero attached hydrogens (tertiary/aromatic N) is 1. The standard InChI is InChI=1S/C18H18ClF3N2O4/c1-26-5-6-28-10-11-7-12(19)8-14(16(11)27-2)17(25)24-13-3-4-15(23-9-13)18(20,21)22/h3-4,7-9H,5-6,10H2,1-2H3,(H,24,25). The predicted octanol–water partition coefficient (Wildman–Crippen LogP) is 4.18. The Labute approximate surface area is 164 Å². The summed E-state index contributed by atoms with van der Waals surface area (Å²) in [5.41, 5.74) is -0.304. The minimum Gasteiger partial charge on any atom is -0.496 e. The van der Waals surface area contributed by atoms with Crippen molar-refractivity contribution >= 4 is 23.2 Å². The van der Waals surface area contributed by atoms with E-state index in [0.29, 0.717) is 18.8 Å². The molecule has 0 bridgehead atoms. The van der Waals surface area contributed by atoms with E-state index in [1.807, 2.05) is 0 Å². The molecule has 28 heavy (non-hydrogen) atoms. The first-order valence-corrected chi connectivity index (χ1v) is 8.41. The van der Waals surface area contributed by atoms with E-state index in [-0.39, 0.29) is 28.6 Å². The highest BCUT2D eigenvalue weighted by molar-refractivity contribution is 6.31. The molecule has 2 aromatic rings. The van der Waals surface area contributed by atoms with Crippen LogP contribution in [-0.2, 0) is 22.3 Å². The first-order valence-electron chi connectivity index (χ1n) is 8.04. The number of rotatable bonds is 8. The van der Waals surface area contributed by atoms with Gasteiger partial charge >= 0.3 is 6.18 Å². The lowest BCUT2D eigenvalue weighted by molar-refractivity contribution is -0.141. The van der Waals surface area contributed by atoms with E-state index in [4.69, 9.17) is 25.8 Å². The Kier molecular flexibility index (Phi) is 7.61. The molecule has 1 heterocycles. The van der Waals surface area contributed by atoms with Crippen molar-refractivity contribution in [1.29, 1.82) is 0 Å². The van der Waals surface area contributed by atoms with Crippen LogP contribution in [-0.4, -0.2) is 38.3 Å². The third-order valence-electron chi connectivity index (χ3n) is 3.58. The van der Waals surface area contributed by atoms with Gasteiger partial charge in [-0.3, -0.25) is 4.79 Å². The third kappa shape index (κ3) is 5.82. The SMILES string of the molecule is COCCOCc1cc(Cl)cc(C(=O)Nc2ccc(C(F)(F)F)nc2)c1OC. The van der Waals surface area contributed by atoms with Crippen LogP contribution in [0.4, 0.5) is 18.9 Å². The highest BCUT2D eigenvalue weighted by Gasteiger charge is 2.32. The number of methoxy groups -OCH3 is 2. The van der Waals surface area contributed by atoms with E-state index >= 15 is 0 Å². The lowest BCUT2D eigenvalue weighted by Gasteiger charge is -2.15. The molecule has 1 N–H and O–H groups in total. The lowest BCUT2D eigenvalue weighted by atomic mass is 10.1. The smallest absolute Gasteiger partial charge is 0.433 e. The molecule has 6 nitrogen and oxygen atoms in total.